The third-order valence-corrected chi connectivity index (χ3v) is 4.20. The van der Waals surface area contributed by atoms with Gasteiger partial charge in [-0.3, -0.25) is 4.79 Å². The molecule has 4 N–H and O–H groups in total. The van der Waals surface area contributed by atoms with Gasteiger partial charge in [-0.1, -0.05) is 44.2 Å². The number of hydrogen-bond donors (Lipinski definition) is 4. The molecule has 0 spiro atoms. The van der Waals surface area contributed by atoms with Crippen LogP contribution < -0.4 is 10.6 Å². The first-order chi connectivity index (χ1) is 14.9. The second-order valence-corrected chi connectivity index (χ2v) is 7.02. The average Bonchev–Trinajstić information content (AvgIpc) is 2.71. The topological polar surface area (TPSA) is 116 Å². The van der Waals surface area contributed by atoms with Gasteiger partial charge in [-0.15, -0.1) is 0 Å². The number of carboxylic acid groups (broad SMARTS) is 2. The number of halogens is 3. The van der Waals surface area contributed by atoms with Crippen LogP contribution in [0.25, 0.3) is 0 Å². The van der Waals surface area contributed by atoms with E-state index in [-0.39, 0.29) is 12.5 Å². The van der Waals surface area contributed by atoms with E-state index in [1.165, 1.54) is 12.1 Å². The lowest BCUT2D eigenvalue weighted by atomic mass is 10.0. The van der Waals surface area contributed by atoms with Crippen LogP contribution in [0.1, 0.15) is 36.5 Å². The number of hydrogen-bond acceptors (Lipinski definition) is 4. The number of carboxylic acids is 2. The van der Waals surface area contributed by atoms with E-state index in [9.17, 15) is 18.0 Å². The first-order valence-corrected chi connectivity index (χ1v) is 9.63. The number of anilines is 1. The summed E-state index contributed by atoms with van der Waals surface area (Å²) in [4.78, 5) is 30.3. The Morgan fingerprint density at radius 1 is 0.938 bits per heavy atom. The summed E-state index contributed by atoms with van der Waals surface area (Å²) < 4.78 is 37.5. The molecular formula is C22H25F3N2O5. The quantitative estimate of drug-likeness (QED) is 0.374. The van der Waals surface area contributed by atoms with Gasteiger partial charge in [0.25, 0.3) is 0 Å². The highest BCUT2D eigenvalue weighted by Gasteiger charge is 2.29. The Kier molecular flexibility index (Phi) is 10.4. The van der Waals surface area contributed by atoms with Crippen molar-refractivity contribution in [3.63, 3.8) is 0 Å². The van der Waals surface area contributed by atoms with Crippen LogP contribution in [-0.4, -0.2) is 41.1 Å². The number of benzene rings is 2. The van der Waals surface area contributed by atoms with Gasteiger partial charge >= 0.3 is 18.1 Å². The number of rotatable bonds is 7. The number of carbonyl (C=O) groups is 3. The number of alkyl halides is 3. The molecule has 0 aliphatic heterocycles. The molecule has 0 fully saturated rings. The molecule has 10 heteroatoms. The van der Waals surface area contributed by atoms with E-state index in [0.717, 1.165) is 28.9 Å². The predicted molar refractivity (Wildman–Crippen MR) is 112 cm³/mol. The molecule has 0 atom stereocenters. The van der Waals surface area contributed by atoms with Crippen LogP contribution in [0.3, 0.4) is 0 Å². The van der Waals surface area contributed by atoms with Gasteiger partial charge in [0.1, 0.15) is 0 Å². The van der Waals surface area contributed by atoms with E-state index in [1.807, 2.05) is 24.3 Å². The third-order valence-electron chi connectivity index (χ3n) is 4.20. The molecule has 2 aromatic rings. The van der Waals surface area contributed by atoms with Crippen LogP contribution in [0.2, 0.25) is 0 Å². The number of para-hydroxylation sites is 1. The Labute approximate surface area is 183 Å². The summed E-state index contributed by atoms with van der Waals surface area (Å²) >= 11 is 0. The molecule has 0 saturated heterocycles. The van der Waals surface area contributed by atoms with Crippen molar-refractivity contribution in [2.45, 2.75) is 32.4 Å². The number of carbonyl (C=O) groups excluding carboxylic acids is 1. The zero-order chi connectivity index (χ0) is 24.3. The average molecular weight is 454 g/mol. The van der Waals surface area contributed by atoms with Crippen molar-refractivity contribution in [3.8, 4) is 0 Å². The monoisotopic (exact) mass is 454 g/mol. The van der Waals surface area contributed by atoms with Gasteiger partial charge in [0.15, 0.2) is 0 Å². The molecule has 0 aromatic heterocycles. The van der Waals surface area contributed by atoms with Gasteiger partial charge in [-0.25, -0.2) is 9.59 Å². The molecule has 2 rings (SSSR count). The second kappa shape index (κ2) is 12.5. The molecule has 7 nitrogen and oxygen atoms in total. The van der Waals surface area contributed by atoms with Crippen LogP contribution in [-0.2, 0) is 27.0 Å². The van der Waals surface area contributed by atoms with Crippen molar-refractivity contribution in [1.82, 2.24) is 5.32 Å². The van der Waals surface area contributed by atoms with E-state index >= 15 is 0 Å². The summed E-state index contributed by atoms with van der Waals surface area (Å²) in [5.74, 6) is -3.49. The fraction of sp³-hybridized carbons (Fsp3) is 0.318. The van der Waals surface area contributed by atoms with Gasteiger partial charge in [0.2, 0.25) is 5.91 Å². The number of aliphatic carboxylic acids is 2. The Morgan fingerprint density at radius 3 is 2.00 bits per heavy atom. The van der Waals surface area contributed by atoms with Gasteiger partial charge in [0, 0.05) is 5.69 Å². The van der Waals surface area contributed by atoms with E-state index in [2.05, 4.69) is 24.5 Å². The van der Waals surface area contributed by atoms with Gasteiger partial charge in [0.05, 0.1) is 12.1 Å². The largest absolute Gasteiger partial charge is 0.473 e. The highest BCUT2D eigenvalue weighted by Crippen LogP contribution is 2.29. The van der Waals surface area contributed by atoms with Gasteiger partial charge < -0.3 is 20.8 Å². The zero-order valence-electron chi connectivity index (χ0n) is 17.6. The summed E-state index contributed by atoms with van der Waals surface area (Å²) in [6.45, 7) is 4.78. The lowest BCUT2D eigenvalue weighted by Gasteiger charge is -2.14. The maximum atomic E-state index is 12.5. The highest BCUT2D eigenvalue weighted by molar-refractivity contribution is 6.27. The Bertz CT molecular complexity index is 901. The molecule has 0 heterocycles. The molecule has 0 radical (unpaired) electrons. The van der Waals surface area contributed by atoms with Crippen molar-refractivity contribution < 1.29 is 37.8 Å². The lowest BCUT2D eigenvalue weighted by Crippen LogP contribution is -2.29. The standard InChI is InChI=1S/C20H23F3N2O.C2H2O4/c1-14(2)17-5-3-4-6-18(17)25-19(26)13-24-12-11-15-7-9-16(10-8-15)20(21,22)23;3-1(4)2(5)6/h3-10,14,24H,11-13H2,1-2H3,(H,25,26);(H,3,4)(H,5,6). The molecule has 2 aromatic carbocycles. The molecule has 0 bridgehead atoms. The van der Waals surface area contributed by atoms with Gasteiger partial charge in [-0.2, -0.15) is 13.2 Å². The van der Waals surface area contributed by atoms with Crippen molar-refractivity contribution in [2.75, 3.05) is 18.4 Å². The number of amides is 1. The van der Waals surface area contributed by atoms with E-state index < -0.39 is 23.7 Å². The molecule has 32 heavy (non-hydrogen) atoms. The van der Waals surface area contributed by atoms with Crippen molar-refractivity contribution in [1.29, 1.82) is 0 Å². The second-order valence-electron chi connectivity index (χ2n) is 7.02. The summed E-state index contributed by atoms with van der Waals surface area (Å²) in [5.41, 5.74) is 2.01. The summed E-state index contributed by atoms with van der Waals surface area (Å²) in [5, 5.41) is 20.7. The van der Waals surface area contributed by atoms with Crippen molar-refractivity contribution >= 4 is 23.5 Å². The maximum Gasteiger partial charge on any atom is 0.416 e. The molecular weight excluding hydrogens is 429 g/mol. The van der Waals surface area contributed by atoms with Crippen LogP contribution in [0.4, 0.5) is 18.9 Å². The smallest absolute Gasteiger partial charge is 0.416 e. The Balaban J connectivity index is 0.000000751. The van der Waals surface area contributed by atoms with Gasteiger partial charge in [-0.05, 0) is 48.2 Å². The Morgan fingerprint density at radius 2 is 1.50 bits per heavy atom. The molecule has 1 amide bonds. The lowest BCUT2D eigenvalue weighted by molar-refractivity contribution is -0.159. The first kappa shape index (κ1) is 26.6. The molecule has 0 aliphatic carbocycles. The van der Waals surface area contributed by atoms with Crippen LogP contribution in [0.15, 0.2) is 48.5 Å². The van der Waals surface area contributed by atoms with E-state index in [4.69, 9.17) is 19.8 Å². The maximum absolute atomic E-state index is 12.5. The first-order valence-electron chi connectivity index (χ1n) is 9.63. The SMILES string of the molecule is CC(C)c1ccccc1NC(=O)CNCCc1ccc(C(F)(F)F)cc1.O=C(O)C(=O)O. The van der Waals surface area contributed by atoms with Crippen molar-refractivity contribution in [2.24, 2.45) is 0 Å². The fourth-order valence-electron chi connectivity index (χ4n) is 2.60. The van der Waals surface area contributed by atoms with Crippen LogP contribution in [0.5, 0.6) is 0 Å². The minimum atomic E-state index is -4.32. The molecule has 0 unspecified atom stereocenters. The third kappa shape index (κ3) is 9.61. The zero-order valence-corrected chi connectivity index (χ0v) is 17.6. The molecule has 0 saturated carbocycles. The minimum absolute atomic E-state index is 0.146. The summed E-state index contributed by atoms with van der Waals surface area (Å²) in [7, 11) is 0. The van der Waals surface area contributed by atoms with Crippen LogP contribution >= 0.6 is 0 Å². The summed E-state index contributed by atoms with van der Waals surface area (Å²) in [6, 6.07) is 12.7. The predicted octanol–water partition coefficient (Wildman–Crippen LogP) is 3.76. The molecule has 174 valence electrons. The Hall–Kier alpha value is -3.40. The highest BCUT2D eigenvalue weighted by atomic mass is 19.4. The minimum Gasteiger partial charge on any atom is -0.473 e. The fourth-order valence-corrected chi connectivity index (χ4v) is 2.60. The van der Waals surface area contributed by atoms with E-state index in [0.29, 0.717) is 18.9 Å². The number of nitrogens with one attached hydrogen (secondary N) is 2. The van der Waals surface area contributed by atoms with E-state index in [1.54, 1.807) is 0 Å². The van der Waals surface area contributed by atoms with Crippen LogP contribution in [0, 0.1) is 0 Å². The summed E-state index contributed by atoms with van der Waals surface area (Å²) in [6.07, 6.45) is -3.77. The molecule has 0 aliphatic rings. The normalized spacial score (nSPS) is 10.8. The van der Waals surface area contributed by atoms with Crippen molar-refractivity contribution in [3.05, 3.63) is 65.2 Å².